The fourth-order valence-electron chi connectivity index (χ4n) is 1.87. The average molecular weight is 300 g/mol. The zero-order chi connectivity index (χ0) is 13.6. The lowest BCUT2D eigenvalue weighted by Crippen LogP contribution is -2.20. The number of nitrogens with zero attached hydrogens (tertiary/aromatic N) is 3. The van der Waals surface area contributed by atoms with Crippen molar-refractivity contribution < 1.29 is 12.8 Å². The van der Waals surface area contributed by atoms with E-state index in [-0.39, 0.29) is 16.2 Å². The summed E-state index contributed by atoms with van der Waals surface area (Å²) in [7, 11) is -3.82. The van der Waals surface area contributed by atoms with Crippen molar-refractivity contribution in [1.82, 2.24) is 5.01 Å². The van der Waals surface area contributed by atoms with Crippen LogP contribution in [0.5, 0.6) is 0 Å². The van der Waals surface area contributed by atoms with Gasteiger partial charge < -0.3 is 0 Å². The van der Waals surface area contributed by atoms with E-state index in [0.717, 1.165) is 11.8 Å². The molecule has 0 fully saturated rings. The predicted octanol–water partition coefficient (Wildman–Crippen LogP) is 0.845. The molecular weight excluding hydrogens is 291 g/mol. The summed E-state index contributed by atoms with van der Waals surface area (Å²) < 4.78 is 35.8. The van der Waals surface area contributed by atoms with E-state index in [1.165, 1.54) is 11.1 Å². The van der Waals surface area contributed by atoms with E-state index in [0.29, 0.717) is 17.3 Å². The molecule has 3 rings (SSSR count). The van der Waals surface area contributed by atoms with Gasteiger partial charge >= 0.3 is 0 Å². The Morgan fingerprint density at radius 1 is 1.42 bits per heavy atom. The number of aliphatic imine (C=N–C) groups is 1. The smallest absolute Gasteiger partial charge is 0.250 e. The molecule has 2 aliphatic rings. The Balaban J connectivity index is 1.86. The van der Waals surface area contributed by atoms with E-state index in [1.54, 1.807) is 18.2 Å². The molecule has 0 aliphatic carbocycles. The molecule has 2 N–H and O–H groups in total. The highest BCUT2D eigenvalue weighted by atomic mass is 32.3. The fourth-order valence-corrected chi connectivity index (χ4v) is 3.47. The Morgan fingerprint density at radius 3 is 2.79 bits per heavy atom. The molecule has 1 aromatic rings. The number of hydrogen-bond donors (Lipinski definition) is 1. The van der Waals surface area contributed by atoms with Crippen LogP contribution in [-0.4, -0.2) is 29.5 Å². The highest BCUT2D eigenvalue weighted by molar-refractivity contribution is 8.42. The van der Waals surface area contributed by atoms with Crippen molar-refractivity contribution in [1.29, 1.82) is 0 Å². The Morgan fingerprint density at radius 2 is 2.16 bits per heavy atom. The summed E-state index contributed by atoms with van der Waals surface area (Å²) in [5.41, 5.74) is 0.470. The Bertz CT molecular complexity index is 701. The molecule has 1 unspecified atom stereocenters. The summed E-state index contributed by atoms with van der Waals surface area (Å²) in [6.45, 7) is 0.308. The van der Waals surface area contributed by atoms with Crippen molar-refractivity contribution in [2.75, 3.05) is 6.54 Å². The van der Waals surface area contributed by atoms with Crippen molar-refractivity contribution in [2.45, 2.75) is 6.04 Å². The van der Waals surface area contributed by atoms with E-state index in [2.05, 4.69) is 10.1 Å². The van der Waals surface area contributed by atoms with Crippen LogP contribution in [0.4, 0.5) is 4.39 Å². The molecule has 19 heavy (non-hydrogen) atoms. The zero-order valence-electron chi connectivity index (χ0n) is 9.52. The first-order chi connectivity index (χ1) is 8.95. The van der Waals surface area contributed by atoms with Gasteiger partial charge in [0.05, 0.1) is 6.54 Å². The van der Waals surface area contributed by atoms with Crippen molar-refractivity contribution in [3.8, 4) is 0 Å². The van der Waals surface area contributed by atoms with Crippen LogP contribution in [0.3, 0.4) is 0 Å². The second kappa shape index (κ2) is 4.29. The maximum Gasteiger partial charge on any atom is 0.264 e. The molecule has 0 radical (unpaired) electrons. The molecule has 0 spiro atoms. The maximum atomic E-state index is 13.6. The van der Waals surface area contributed by atoms with Crippen LogP contribution in [-0.2, 0) is 10.0 Å². The molecular formula is C10H9FN4O2S2. The second-order valence-electron chi connectivity index (χ2n) is 4.04. The SMILES string of the molecule is NS(=O)(=O)C1=NN2CC(c3ccccc3F)N=C2S1. The summed E-state index contributed by atoms with van der Waals surface area (Å²) >= 11 is 0.883. The number of primary sulfonamides is 1. The second-order valence-corrected chi connectivity index (χ2v) is 6.74. The van der Waals surface area contributed by atoms with Crippen LogP contribution < -0.4 is 5.14 Å². The van der Waals surface area contributed by atoms with E-state index < -0.39 is 10.0 Å². The van der Waals surface area contributed by atoms with Crippen LogP contribution in [0.15, 0.2) is 34.4 Å². The van der Waals surface area contributed by atoms with E-state index in [1.807, 2.05) is 0 Å². The molecule has 9 heteroatoms. The van der Waals surface area contributed by atoms with Crippen molar-refractivity contribution in [3.05, 3.63) is 35.6 Å². The number of nitrogens with two attached hydrogens (primary N) is 1. The summed E-state index contributed by atoms with van der Waals surface area (Å²) in [6, 6.07) is 5.98. The van der Waals surface area contributed by atoms with Crippen LogP contribution in [0.1, 0.15) is 11.6 Å². The van der Waals surface area contributed by atoms with E-state index in [9.17, 15) is 12.8 Å². The molecule has 0 aromatic heterocycles. The molecule has 0 saturated heterocycles. The quantitative estimate of drug-likeness (QED) is 0.832. The number of amidine groups is 1. The lowest BCUT2D eigenvalue weighted by atomic mass is 10.1. The van der Waals surface area contributed by atoms with Crippen LogP contribution in [0.25, 0.3) is 0 Å². The first-order valence-corrected chi connectivity index (χ1v) is 7.70. The summed E-state index contributed by atoms with van der Waals surface area (Å²) in [5, 5.41) is 10.7. The molecule has 1 aromatic carbocycles. The van der Waals surface area contributed by atoms with Crippen molar-refractivity contribution in [2.24, 2.45) is 15.2 Å². The van der Waals surface area contributed by atoms with E-state index >= 15 is 0 Å². The van der Waals surface area contributed by atoms with Crippen LogP contribution >= 0.6 is 11.8 Å². The number of hydrazone groups is 1. The average Bonchev–Trinajstić information content (AvgIpc) is 2.86. The van der Waals surface area contributed by atoms with Gasteiger partial charge in [-0.2, -0.15) is 0 Å². The van der Waals surface area contributed by atoms with Gasteiger partial charge in [-0.3, -0.25) is 4.99 Å². The molecule has 0 saturated carbocycles. The summed E-state index contributed by atoms with van der Waals surface area (Å²) in [5.74, 6) is -0.335. The van der Waals surface area contributed by atoms with Gasteiger partial charge in [0.2, 0.25) is 4.38 Å². The van der Waals surface area contributed by atoms with Crippen LogP contribution in [0.2, 0.25) is 0 Å². The third kappa shape index (κ3) is 2.24. The highest BCUT2D eigenvalue weighted by Gasteiger charge is 2.36. The van der Waals surface area contributed by atoms with Gasteiger partial charge in [-0.15, -0.1) is 5.10 Å². The standard InChI is InChI=1S/C10H9FN4O2S2/c11-7-4-2-1-3-6(7)8-5-15-9(13-8)18-10(14-15)19(12,16)17/h1-4,8H,5H2,(H2,12,16,17). The number of thioether (sulfide) groups is 1. The third-order valence-electron chi connectivity index (χ3n) is 2.72. The number of fused-ring (bicyclic) bond motifs is 1. The van der Waals surface area contributed by atoms with E-state index in [4.69, 9.17) is 5.14 Å². The topological polar surface area (TPSA) is 88.1 Å². The highest BCUT2D eigenvalue weighted by Crippen LogP contribution is 2.34. The number of halogens is 1. The molecule has 2 aliphatic heterocycles. The molecule has 6 nitrogen and oxygen atoms in total. The summed E-state index contributed by atoms with van der Waals surface area (Å²) in [6.07, 6.45) is 0. The van der Waals surface area contributed by atoms with Gasteiger partial charge in [0.1, 0.15) is 11.9 Å². The minimum absolute atomic E-state index is 0.182. The number of sulfonamides is 1. The molecule has 2 heterocycles. The van der Waals surface area contributed by atoms with Gasteiger partial charge in [0.15, 0.2) is 5.17 Å². The fraction of sp³-hybridized carbons (Fsp3) is 0.200. The zero-order valence-corrected chi connectivity index (χ0v) is 11.2. The van der Waals surface area contributed by atoms with Gasteiger partial charge in [-0.25, -0.2) is 23.0 Å². The Kier molecular flexibility index (Phi) is 2.84. The Hall–Kier alpha value is -1.45. The first-order valence-electron chi connectivity index (χ1n) is 5.34. The Labute approximate surface area is 113 Å². The predicted molar refractivity (Wildman–Crippen MR) is 71.4 cm³/mol. The molecule has 100 valence electrons. The lowest BCUT2D eigenvalue weighted by Gasteiger charge is -2.10. The molecule has 0 bridgehead atoms. The van der Waals surface area contributed by atoms with Gasteiger partial charge in [0.25, 0.3) is 10.0 Å². The van der Waals surface area contributed by atoms with Gasteiger partial charge in [0, 0.05) is 5.56 Å². The largest absolute Gasteiger partial charge is 0.264 e. The normalized spacial score (nSPS) is 22.2. The molecule has 0 amide bonds. The minimum Gasteiger partial charge on any atom is -0.250 e. The number of hydrogen-bond acceptors (Lipinski definition) is 6. The summed E-state index contributed by atoms with van der Waals surface area (Å²) in [4.78, 5) is 4.28. The molecule has 1 atom stereocenters. The monoisotopic (exact) mass is 300 g/mol. The lowest BCUT2D eigenvalue weighted by molar-refractivity contribution is 0.454. The van der Waals surface area contributed by atoms with Crippen molar-refractivity contribution in [3.63, 3.8) is 0 Å². The minimum atomic E-state index is -3.82. The number of rotatable bonds is 1. The van der Waals surface area contributed by atoms with Crippen molar-refractivity contribution >= 4 is 31.3 Å². The van der Waals surface area contributed by atoms with Gasteiger partial charge in [-0.1, -0.05) is 18.2 Å². The van der Waals surface area contributed by atoms with Gasteiger partial charge in [-0.05, 0) is 17.8 Å². The maximum absolute atomic E-state index is 13.6. The number of benzene rings is 1. The van der Waals surface area contributed by atoms with Crippen LogP contribution in [0, 0.1) is 5.82 Å². The first kappa shape index (κ1) is 12.6. The third-order valence-corrected chi connectivity index (χ3v) is 4.99.